The monoisotopic (exact) mass is 390 g/mol. The van der Waals surface area contributed by atoms with Gasteiger partial charge >= 0.3 is 11.9 Å². The van der Waals surface area contributed by atoms with Crippen LogP contribution in [0.2, 0.25) is 0 Å². The molecule has 0 aromatic carbocycles. The highest BCUT2D eigenvalue weighted by atomic mass is 16.5. The highest BCUT2D eigenvalue weighted by Gasteiger charge is 2.52. The van der Waals surface area contributed by atoms with Crippen molar-refractivity contribution in [1.82, 2.24) is 0 Å². The number of carbonyl (C=O) groups is 2. The Kier molecular flexibility index (Phi) is 7.52. The van der Waals surface area contributed by atoms with E-state index in [-0.39, 0.29) is 23.3 Å². The Morgan fingerprint density at radius 2 is 2.00 bits per heavy atom. The van der Waals surface area contributed by atoms with Crippen LogP contribution in [0.25, 0.3) is 0 Å². The third-order valence-corrected chi connectivity index (χ3v) is 7.46. The molecule has 1 fully saturated rings. The predicted molar refractivity (Wildman–Crippen MR) is 112 cm³/mol. The Hall–Kier alpha value is -1.58. The lowest BCUT2D eigenvalue weighted by Gasteiger charge is -2.53. The van der Waals surface area contributed by atoms with E-state index in [9.17, 15) is 9.59 Å². The maximum Gasteiger partial charge on any atom is 0.312 e. The zero-order chi connectivity index (χ0) is 20.9. The third-order valence-electron chi connectivity index (χ3n) is 7.46. The first-order valence-corrected chi connectivity index (χ1v) is 10.8. The van der Waals surface area contributed by atoms with E-state index in [0.717, 1.165) is 38.5 Å². The quantitative estimate of drug-likeness (QED) is 0.418. The third kappa shape index (κ3) is 4.52. The molecule has 158 valence electrons. The molecule has 0 heterocycles. The predicted octanol–water partition coefficient (Wildman–Crippen LogP) is 5.62. The highest BCUT2D eigenvalue weighted by Crippen LogP contribution is 2.58. The molecule has 2 aliphatic rings. The van der Waals surface area contributed by atoms with Crippen LogP contribution in [-0.2, 0) is 19.1 Å². The number of allylic oxidation sites excluding steroid dienone is 3. The topological polar surface area (TPSA) is 52.6 Å². The highest BCUT2D eigenvalue weighted by molar-refractivity contribution is 5.77. The van der Waals surface area contributed by atoms with Crippen molar-refractivity contribution in [1.29, 1.82) is 0 Å². The fourth-order valence-corrected chi connectivity index (χ4v) is 5.12. The lowest BCUT2D eigenvalue weighted by Crippen LogP contribution is -2.47. The molecule has 0 saturated heterocycles. The van der Waals surface area contributed by atoms with Gasteiger partial charge in [-0.25, -0.2) is 0 Å². The number of ether oxygens (including phenoxy) is 2. The van der Waals surface area contributed by atoms with Gasteiger partial charge in [-0.1, -0.05) is 38.0 Å². The average molecular weight is 391 g/mol. The lowest BCUT2D eigenvalue weighted by atomic mass is 9.51. The normalized spacial score (nSPS) is 32.9. The van der Waals surface area contributed by atoms with Crippen molar-refractivity contribution in [3.05, 3.63) is 23.3 Å². The van der Waals surface area contributed by atoms with Crippen LogP contribution in [-0.4, -0.2) is 25.7 Å². The summed E-state index contributed by atoms with van der Waals surface area (Å²) in [7, 11) is 1.51. The molecule has 2 rings (SSSR count). The Bertz CT molecular complexity index is 647. The molecule has 4 heteroatoms. The van der Waals surface area contributed by atoms with Crippen molar-refractivity contribution in [2.75, 3.05) is 13.7 Å². The van der Waals surface area contributed by atoms with Gasteiger partial charge in [0.2, 0.25) is 0 Å². The number of hydrogen-bond acceptors (Lipinski definition) is 4. The van der Waals surface area contributed by atoms with Gasteiger partial charge in [0.1, 0.15) is 6.61 Å². The standard InChI is InChI=1S/C24H38O4/c1-7-21(25)28-16-13-17(2)12-15-23(4)18(3)10-11-20-19(23)9-8-14-24(20,5)22(26)27-6/h9,13,18,20H,7-8,10-12,14-16H2,1-6H3/b17-13+/t18-,20-,23+,24+/m1/s1. The van der Waals surface area contributed by atoms with Gasteiger partial charge in [-0.15, -0.1) is 0 Å². The van der Waals surface area contributed by atoms with Crippen LogP contribution in [0.1, 0.15) is 79.6 Å². The van der Waals surface area contributed by atoms with E-state index in [1.807, 2.05) is 6.08 Å². The fraction of sp³-hybridized carbons (Fsp3) is 0.750. The molecule has 0 aromatic rings. The van der Waals surface area contributed by atoms with Crippen LogP contribution >= 0.6 is 0 Å². The number of hydrogen-bond donors (Lipinski definition) is 0. The van der Waals surface area contributed by atoms with Gasteiger partial charge in [-0.2, -0.15) is 0 Å². The van der Waals surface area contributed by atoms with E-state index in [1.54, 1.807) is 6.92 Å². The molecule has 1 saturated carbocycles. The first-order valence-electron chi connectivity index (χ1n) is 10.8. The summed E-state index contributed by atoms with van der Waals surface area (Å²) in [6.07, 6.45) is 10.9. The summed E-state index contributed by atoms with van der Waals surface area (Å²) in [5, 5.41) is 0. The van der Waals surface area contributed by atoms with Crippen molar-refractivity contribution in [3.63, 3.8) is 0 Å². The van der Waals surface area contributed by atoms with Gasteiger partial charge < -0.3 is 9.47 Å². The molecule has 0 unspecified atom stereocenters. The minimum absolute atomic E-state index is 0.0613. The van der Waals surface area contributed by atoms with Crippen molar-refractivity contribution in [3.8, 4) is 0 Å². The second kappa shape index (κ2) is 9.28. The number of rotatable bonds is 7. The van der Waals surface area contributed by atoms with Gasteiger partial charge in [0, 0.05) is 6.42 Å². The summed E-state index contributed by atoms with van der Waals surface area (Å²) in [6, 6.07) is 0. The molecule has 0 aromatic heterocycles. The van der Waals surface area contributed by atoms with Crippen LogP contribution in [0.3, 0.4) is 0 Å². The van der Waals surface area contributed by atoms with Crippen LogP contribution < -0.4 is 0 Å². The zero-order valence-electron chi connectivity index (χ0n) is 18.6. The van der Waals surface area contributed by atoms with E-state index in [2.05, 4.69) is 33.8 Å². The molecule has 0 N–H and O–H groups in total. The maximum atomic E-state index is 12.6. The van der Waals surface area contributed by atoms with E-state index in [0.29, 0.717) is 18.9 Å². The summed E-state index contributed by atoms with van der Waals surface area (Å²) < 4.78 is 10.4. The van der Waals surface area contributed by atoms with E-state index in [1.165, 1.54) is 18.3 Å². The largest absolute Gasteiger partial charge is 0.469 e. The summed E-state index contributed by atoms with van der Waals surface area (Å²) >= 11 is 0. The van der Waals surface area contributed by atoms with Crippen LogP contribution in [0.4, 0.5) is 0 Å². The fourth-order valence-electron chi connectivity index (χ4n) is 5.12. The Morgan fingerprint density at radius 1 is 1.29 bits per heavy atom. The SMILES string of the molecule is CCC(=O)OC/C=C(\C)CC[C@]1(C)C2=CCC[C@](C)(C(=O)OC)[C@@H]2CC[C@H]1C. The molecule has 0 spiro atoms. The van der Waals surface area contributed by atoms with E-state index < -0.39 is 5.41 Å². The average Bonchev–Trinajstić information content (AvgIpc) is 2.69. The Morgan fingerprint density at radius 3 is 2.64 bits per heavy atom. The lowest BCUT2D eigenvalue weighted by molar-refractivity contribution is -0.156. The molecule has 2 aliphatic carbocycles. The Labute approximate surface area is 170 Å². The maximum absolute atomic E-state index is 12.6. The van der Waals surface area contributed by atoms with Crippen LogP contribution in [0.15, 0.2) is 23.3 Å². The molecular weight excluding hydrogens is 352 g/mol. The minimum Gasteiger partial charge on any atom is -0.469 e. The van der Waals surface area contributed by atoms with Gasteiger partial charge in [-0.05, 0) is 75.7 Å². The first kappa shape index (κ1) is 22.7. The molecule has 0 bridgehead atoms. The van der Waals surface area contributed by atoms with E-state index >= 15 is 0 Å². The van der Waals surface area contributed by atoms with Crippen molar-refractivity contribution >= 4 is 11.9 Å². The summed E-state index contributed by atoms with van der Waals surface area (Å²) in [4.78, 5) is 23.9. The van der Waals surface area contributed by atoms with Crippen molar-refractivity contribution in [2.45, 2.75) is 79.6 Å². The number of fused-ring (bicyclic) bond motifs is 1. The van der Waals surface area contributed by atoms with Gasteiger partial charge in [-0.3, -0.25) is 9.59 Å². The van der Waals surface area contributed by atoms with Gasteiger partial charge in [0.15, 0.2) is 0 Å². The molecule has 4 nitrogen and oxygen atoms in total. The molecular formula is C24H38O4. The second-order valence-corrected chi connectivity index (χ2v) is 9.14. The van der Waals surface area contributed by atoms with Crippen molar-refractivity contribution in [2.24, 2.45) is 22.7 Å². The molecule has 0 radical (unpaired) electrons. The van der Waals surface area contributed by atoms with Crippen LogP contribution in [0, 0.1) is 22.7 Å². The second-order valence-electron chi connectivity index (χ2n) is 9.14. The summed E-state index contributed by atoms with van der Waals surface area (Å²) in [6.45, 7) is 11.1. The molecule has 28 heavy (non-hydrogen) atoms. The zero-order valence-corrected chi connectivity index (χ0v) is 18.6. The summed E-state index contributed by atoms with van der Waals surface area (Å²) in [5.41, 5.74) is 2.41. The minimum atomic E-state index is -0.403. The first-order chi connectivity index (χ1) is 13.2. The molecule has 0 amide bonds. The number of methoxy groups -OCH3 is 1. The Balaban J connectivity index is 2.13. The van der Waals surface area contributed by atoms with E-state index in [4.69, 9.17) is 9.47 Å². The molecule has 0 aliphatic heterocycles. The van der Waals surface area contributed by atoms with Crippen LogP contribution in [0.5, 0.6) is 0 Å². The number of esters is 2. The van der Waals surface area contributed by atoms with Crippen molar-refractivity contribution < 1.29 is 19.1 Å². The summed E-state index contributed by atoms with van der Waals surface area (Å²) in [5.74, 6) is 0.647. The van der Waals surface area contributed by atoms with Gasteiger partial charge in [0.05, 0.1) is 12.5 Å². The number of carbonyl (C=O) groups excluding carboxylic acids is 2. The molecule has 4 atom stereocenters. The smallest absolute Gasteiger partial charge is 0.312 e. The van der Waals surface area contributed by atoms with Gasteiger partial charge in [0.25, 0.3) is 0 Å².